The van der Waals surface area contributed by atoms with Crippen LogP contribution in [0.4, 0.5) is 18.0 Å². The van der Waals surface area contributed by atoms with E-state index in [0.29, 0.717) is 0 Å². The zero-order chi connectivity index (χ0) is 17.1. The molecule has 2 unspecified atom stereocenters. The molecule has 0 aliphatic rings. The highest BCUT2D eigenvalue weighted by molar-refractivity contribution is 7.09. The van der Waals surface area contributed by atoms with Crippen molar-refractivity contribution in [3.8, 4) is 0 Å². The van der Waals surface area contributed by atoms with Crippen molar-refractivity contribution < 1.29 is 27.9 Å². The van der Waals surface area contributed by atoms with Crippen LogP contribution in [0.25, 0.3) is 0 Å². The van der Waals surface area contributed by atoms with Crippen molar-refractivity contribution in [3.63, 3.8) is 0 Å². The molecule has 0 radical (unpaired) electrons. The third kappa shape index (κ3) is 4.86. The fourth-order valence-corrected chi connectivity index (χ4v) is 2.38. The normalized spacial score (nSPS) is 14.3. The topological polar surface area (TPSA) is 82.5 Å². The largest absolute Gasteiger partial charge is 0.481 e. The average molecular weight is 339 g/mol. The Morgan fingerprint density at radius 2 is 2.05 bits per heavy atom. The molecule has 0 fully saturated rings. The molecule has 1 aromatic rings. The number of nitrogens with zero attached hydrogens (tertiary/aromatic N) is 2. The van der Waals surface area contributed by atoms with Gasteiger partial charge in [0.15, 0.2) is 5.69 Å². The number of carboxylic acids is 1. The number of urea groups is 1. The van der Waals surface area contributed by atoms with Gasteiger partial charge in [-0.15, -0.1) is 11.3 Å². The van der Waals surface area contributed by atoms with Crippen LogP contribution >= 0.6 is 11.3 Å². The quantitative estimate of drug-likeness (QED) is 0.864. The molecule has 10 heteroatoms. The number of nitrogens with one attached hydrogen (secondary N) is 1. The summed E-state index contributed by atoms with van der Waals surface area (Å²) < 4.78 is 37.4. The predicted octanol–water partition coefficient (Wildman–Crippen LogP) is 2.58. The van der Waals surface area contributed by atoms with Crippen molar-refractivity contribution in [1.82, 2.24) is 15.2 Å². The van der Waals surface area contributed by atoms with E-state index in [1.54, 1.807) is 0 Å². The Hall–Kier alpha value is -1.84. The monoisotopic (exact) mass is 339 g/mol. The molecule has 0 spiro atoms. The zero-order valence-electron chi connectivity index (χ0n) is 12.1. The number of halogens is 3. The number of rotatable bonds is 5. The lowest BCUT2D eigenvalue weighted by Crippen LogP contribution is -2.41. The molecule has 2 atom stereocenters. The van der Waals surface area contributed by atoms with E-state index in [1.807, 2.05) is 0 Å². The van der Waals surface area contributed by atoms with Gasteiger partial charge >= 0.3 is 18.2 Å². The highest BCUT2D eigenvalue weighted by atomic mass is 32.1. The fourth-order valence-electron chi connectivity index (χ4n) is 1.55. The number of aliphatic carboxylic acids is 1. The zero-order valence-corrected chi connectivity index (χ0v) is 13.0. The summed E-state index contributed by atoms with van der Waals surface area (Å²) in [4.78, 5) is 27.2. The molecule has 0 aliphatic heterocycles. The lowest BCUT2D eigenvalue weighted by molar-refractivity contribution is -0.142. The van der Waals surface area contributed by atoms with Gasteiger partial charge in [-0.1, -0.05) is 6.92 Å². The Labute approximate surface area is 128 Å². The third-order valence-electron chi connectivity index (χ3n) is 2.84. The molecule has 0 saturated carbocycles. The van der Waals surface area contributed by atoms with Gasteiger partial charge in [0.05, 0.1) is 12.0 Å². The predicted molar refractivity (Wildman–Crippen MR) is 73.5 cm³/mol. The summed E-state index contributed by atoms with van der Waals surface area (Å²) in [7, 11) is 1.41. The molecular weight excluding hydrogens is 323 g/mol. The summed E-state index contributed by atoms with van der Waals surface area (Å²) in [5, 5.41) is 12.3. The lowest BCUT2D eigenvalue weighted by Gasteiger charge is -2.22. The van der Waals surface area contributed by atoms with Crippen molar-refractivity contribution in [1.29, 1.82) is 0 Å². The maximum Gasteiger partial charge on any atom is 0.434 e. The second-order valence-electron chi connectivity index (χ2n) is 4.86. The summed E-state index contributed by atoms with van der Waals surface area (Å²) in [6.07, 6.45) is -4.52. The number of hydrogen-bond donors (Lipinski definition) is 2. The minimum absolute atomic E-state index is 0.0143. The summed E-state index contributed by atoms with van der Waals surface area (Å²) in [5.41, 5.74) is -0.999. The van der Waals surface area contributed by atoms with E-state index in [9.17, 15) is 22.8 Å². The van der Waals surface area contributed by atoms with E-state index >= 15 is 0 Å². The number of alkyl halides is 3. The Balaban J connectivity index is 2.64. The molecule has 6 nitrogen and oxygen atoms in total. The van der Waals surface area contributed by atoms with Crippen LogP contribution in [-0.2, 0) is 11.0 Å². The molecule has 2 N–H and O–H groups in total. The van der Waals surface area contributed by atoms with Crippen molar-refractivity contribution in [2.24, 2.45) is 5.92 Å². The maximum atomic E-state index is 12.5. The first-order valence-corrected chi connectivity index (χ1v) is 7.17. The van der Waals surface area contributed by atoms with Crippen molar-refractivity contribution in [2.45, 2.75) is 26.1 Å². The number of amides is 2. The van der Waals surface area contributed by atoms with Gasteiger partial charge in [0.2, 0.25) is 0 Å². The number of carbonyl (C=O) groups is 2. The molecule has 2 amide bonds. The van der Waals surface area contributed by atoms with Crippen molar-refractivity contribution >= 4 is 23.3 Å². The van der Waals surface area contributed by atoms with Crippen LogP contribution in [0, 0.1) is 5.92 Å². The third-order valence-corrected chi connectivity index (χ3v) is 3.87. The standard InChI is InChI=1S/C12H16F3N3O3S/c1-6(10(19)20)4-18(3)11(21)16-7(2)9-17-8(5-22-9)12(13,14)15/h5-7H,4H2,1-3H3,(H,16,21)(H,19,20). The Kier molecular flexibility index (Phi) is 5.75. The van der Waals surface area contributed by atoms with Crippen molar-refractivity contribution in [3.05, 3.63) is 16.1 Å². The highest BCUT2D eigenvalue weighted by Crippen LogP contribution is 2.31. The number of carboxylic acid groups (broad SMARTS) is 1. The average Bonchev–Trinajstić information content (AvgIpc) is 2.87. The first kappa shape index (κ1) is 18.2. The molecule has 0 bridgehead atoms. The summed E-state index contributed by atoms with van der Waals surface area (Å²) >= 11 is 0.799. The smallest absolute Gasteiger partial charge is 0.434 e. The van der Waals surface area contributed by atoms with Gasteiger partial charge < -0.3 is 15.3 Å². The lowest BCUT2D eigenvalue weighted by atomic mass is 10.2. The minimum atomic E-state index is -4.52. The van der Waals surface area contributed by atoms with Crippen LogP contribution in [0.3, 0.4) is 0 Å². The van der Waals surface area contributed by atoms with Crippen LogP contribution in [0.1, 0.15) is 30.6 Å². The maximum absolute atomic E-state index is 12.5. The molecule has 1 aromatic heterocycles. The number of aromatic nitrogens is 1. The second kappa shape index (κ2) is 6.95. The van der Waals surface area contributed by atoms with E-state index in [1.165, 1.54) is 20.9 Å². The van der Waals surface area contributed by atoms with Gasteiger partial charge in [0.25, 0.3) is 0 Å². The van der Waals surface area contributed by atoms with E-state index < -0.39 is 35.8 Å². The van der Waals surface area contributed by atoms with Gasteiger partial charge in [-0.25, -0.2) is 9.78 Å². The Morgan fingerprint density at radius 1 is 1.45 bits per heavy atom. The first-order chi connectivity index (χ1) is 10.0. The van der Waals surface area contributed by atoms with Crippen LogP contribution in [0.15, 0.2) is 5.38 Å². The number of thiazole rings is 1. The van der Waals surface area contributed by atoms with E-state index in [-0.39, 0.29) is 11.6 Å². The first-order valence-electron chi connectivity index (χ1n) is 6.29. The van der Waals surface area contributed by atoms with Crippen LogP contribution in [0.2, 0.25) is 0 Å². The fraction of sp³-hybridized carbons (Fsp3) is 0.583. The molecule has 22 heavy (non-hydrogen) atoms. The highest BCUT2D eigenvalue weighted by Gasteiger charge is 2.34. The molecule has 124 valence electrons. The summed E-state index contributed by atoms with van der Waals surface area (Å²) in [6.45, 7) is 2.94. The molecule has 0 aromatic carbocycles. The van der Waals surface area contributed by atoms with E-state index in [4.69, 9.17) is 5.11 Å². The van der Waals surface area contributed by atoms with Crippen LogP contribution < -0.4 is 5.32 Å². The minimum Gasteiger partial charge on any atom is -0.481 e. The van der Waals surface area contributed by atoms with Crippen molar-refractivity contribution in [2.75, 3.05) is 13.6 Å². The van der Waals surface area contributed by atoms with Gasteiger partial charge in [-0.3, -0.25) is 4.79 Å². The second-order valence-corrected chi connectivity index (χ2v) is 5.75. The van der Waals surface area contributed by atoms with E-state index in [0.717, 1.165) is 21.6 Å². The summed E-state index contributed by atoms with van der Waals surface area (Å²) in [5.74, 6) is -1.79. The molecule has 1 rings (SSSR count). The van der Waals surface area contributed by atoms with E-state index in [2.05, 4.69) is 10.3 Å². The van der Waals surface area contributed by atoms with Gasteiger partial charge in [-0.2, -0.15) is 13.2 Å². The summed E-state index contributed by atoms with van der Waals surface area (Å²) in [6, 6.07) is -1.29. The molecule has 0 aliphatic carbocycles. The van der Waals surface area contributed by atoms with Crippen LogP contribution in [-0.4, -0.2) is 40.6 Å². The van der Waals surface area contributed by atoms with Crippen LogP contribution in [0.5, 0.6) is 0 Å². The molecule has 0 saturated heterocycles. The number of hydrogen-bond acceptors (Lipinski definition) is 4. The number of carbonyl (C=O) groups excluding carboxylic acids is 1. The Bertz CT molecular complexity index is 547. The Morgan fingerprint density at radius 3 is 2.50 bits per heavy atom. The van der Waals surface area contributed by atoms with Gasteiger partial charge in [0.1, 0.15) is 5.01 Å². The molecule has 1 heterocycles. The molecular formula is C12H16F3N3O3S. The van der Waals surface area contributed by atoms with Gasteiger partial charge in [0, 0.05) is 19.0 Å². The van der Waals surface area contributed by atoms with Gasteiger partial charge in [-0.05, 0) is 6.92 Å². The SMILES string of the molecule is CC(CN(C)C(=O)NC(C)c1nc(C(F)(F)F)cs1)C(=O)O.